The molecule has 6 heteroatoms. The number of carboxylic acid groups (broad SMARTS) is 1. The molecule has 21 heavy (non-hydrogen) atoms. The smallest absolute Gasteiger partial charge is 0.335 e. The van der Waals surface area contributed by atoms with Crippen LogP contribution in [0.25, 0.3) is 0 Å². The molecule has 116 valence electrons. The van der Waals surface area contributed by atoms with Crippen molar-refractivity contribution in [2.24, 2.45) is 5.41 Å². The van der Waals surface area contributed by atoms with Crippen molar-refractivity contribution in [2.75, 3.05) is 0 Å². The van der Waals surface area contributed by atoms with Gasteiger partial charge in [-0.1, -0.05) is 26.3 Å². The third-order valence-electron chi connectivity index (χ3n) is 3.92. The van der Waals surface area contributed by atoms with E-state index in [-0.39, 0.29) is 21.9 Å². The zero-order chi connectivity index (χ0) is 15.7. The first kappa shape index (κ1) is 16.0. The van der Waals surface area contributed by atoms with Gasteiger partial charge in [-0.05, 0) is 42.9 Å². The molecule has 2 N–H and O–H groups in total. The zero-order valence-electron chi connectivity index (χ0n) is 12.3. The van der Waals surface area contributed by atoms with Crippen LogP contribution in [0, 0.1) is 5.41 Å². The van der Waals surface area contributed by atoms with Crippen LogP contribution < -0.4 is 4.72 Å². The van der Waals surface area contributed by atoms with E-state index in [0.717, 1.165) is 25.7 Å². The highest BCUT2D eigenvalue weighted by Crippen LogP contribution is 2.35. The Kier molecular flexibility index (Phi) is 4.39. The van der Waals surface area contributed by atoms with Crippen molar-refractivity contribution in [3.8, 4) is 0 Å². The second-order valence-corrected chi connectivity index (χ2v) is 8.13. The number of sulfonamides is 1. The van der Waals surface area contributed by atoms with Gasteiger partial charge in [0.15, 0.2) is 0 Å². The van der Waals surface area contributed by atoms with Crippen LogP contribution in [0.4, 0.5) is 0 Å². The van der Waals surface area contributed by atoms with E-state index >= 15 is 0 Å². The van der Waals surface area contributed by atoms with Crippen molar-refractivity contribution in [3.63, 3.8) is 0 Å². The van der Waals surface area contributed by atoms with Crippen molar-refractivity contribution in [1.29, 1.82) is 0 Å². The molecule has 0 saturated heterocycles. The van der Waals surface area contributed by atoms with Crippen LogP contribution in [-0.4, -0.2) is 25.5 Å². The minimum Gasteiger partial charge on any atom is -0.478 e. The minimum atomic E-state index is -3.68. The second kappa shape index (κ2) is 5.77. The summed E-state index contributed by atoms with van der Waals surface area (Å²) < 4.78 is 27.5. The molecule has 1 aliphatic carbocycles. The van der Waals surface area contributed by atoms with Gasteiger partial charge in [0, 0.05) is 6.04 Å². The van der Waals surface area contributed by atoms with Gasteiger partial charge in [0.05, 0.1) is 10.5 Å². The summed E-state index contributed by atoms with van der Waals surface area (Å²) in [6.45, 7) is 4.27. The fourth-order valence-corrected chi connectivity index (χ4v) is 4.20. The number of carboxylic acids is 1. The topological polar surface area (TPSA) is 83.5 Å². The summed E-state index contributed by atoms with van der Waals surface area (Å²) >= 11 is 0. The van der Waals surface area contributed by atoms with Crippen molar-refractivity contribution in [2.45, 2.75) is 50.5 Å². The van der Waals surface area contributed by atoms with E-state index in [4.69, 9.17) is 5.11 Å². The van der Waals surface area contributed by atoms with Gasteiger partial charge >= 0.3 is 5.97 Å². The standard InChI is InChI=1S/C15H21NO4S/c1-15(2)8-4-6-12(10-15)16-21(19,20)13-7-3-5-11(9-13)14(17)18/h3,5,7,9,12,16H,4,6,8,10H2,1-2H3,(H,17,18). The quantitative estimate of drug-likeness (QED) is 0.895. The SMILES string of the molecule is CC1(C)CCCC(NS(=O)(=O)c2cccc(C(=O)O)c2)C1. The van der Waals surface area contributed by atoms with Crippen LogP contribution >= 0.6 is 0 Å². The second-order valence-electron chi connectivity index (χ2n) is 6.41. The highest BCUT2D eigenvalue weighted by molar-refractivity contribution is 7.89. The highest BCUT2D eigenvalue weighted by Gasteiger charge is 2.30. The molecule has 1 unspecified atom stereocenters. The van der Waals surface area contributed by atoms with E-state index in [2.05, 4.69) is 18.6 Å². The van der Waals surface area contributed by atoms with Crippen LogP contribution in [0.3, 0.4) is 0 Å². The molecule has 1 aromatic rings. The molecule has 0 aromatic heterocycles. The van der Waals surface area contributed by atoms with Crippen LogP contribution in [0.1, 0.15) is 49.9 Å². The number of benzene rings is 1. The number of hydrogen-bond donors (Lipinski definition) is 2. The van der Waals surface area contributed by atoms with Crippen molar-refractivity contribution < 1.29 is 18.3 Å². The first-order chi connectivity index (χ1) is 9.70. The Morgan fingerprint density at radius 3 is 2.71 bits per heavy atom. The van der Waals surface area contributed by atoms with Crippen molar-refractivity contribution >= 4 is 16.0 Å². The molecule has 0 radical (unpaired) electrons. The average molecular weight is 311 g/mol. The maximum atomic E-state index is 12.4. The summed E-state index contributed by atoms with van der Waals surface area (Å²) in [5.41, 5.74) is 0.107. The Hall–Kier alpha value is -1.40. The van der Waals surface area contributed by atoms with E-state index < -0.39 is 16.0 Å². The first-order valence-corrected chi connectivity index (χ1v) is 8.54. The van der Waals surface area contributed by atoms with Crippen molar-refractivity contribution in [1.82, 2.24) is 4.72 Å². The lowest BCUT2D eigenvalue weighted by Crippen LogP contribution is -2.40. The number of nitrogens with one attached hydrogen (secondary N) is 1. The summed E-state index contributed by atoms with van der Waals surface area (Å²) in [5, 5.41) is 8.95. The molecule has 0 bridgehead atoms. The molecule has 1 fully saturated rings. The van der Waals surface area contributed by atoms with Gasteiger partial charge in [-0.15, -0.1) is 0 Å². The van der Waals surface area contributed by atoms with Gasteiger partial charge in [0.2, 0.25) is 10.0 Å². The molecular weight excluding hydrogens is 290 g/mol. The third kappa shape index (κ3) is 4.04. The van der Waals surface area contributed by atoms with Crippen LogP contribution in [0.15, 0.2) is 29.2 Å². The van der Waals surface area contributed by atoms with Crippen LogP contribution in [-0.2, 0) is 10.0 Å². The Morgan fingerprint density at radius 1 is 1.38 bits per heavy atom. The summed E-state index contributed by atoms with van der Waals surface area (Å²) in [6, 6.07) is 5.35. The average Bonchev–Trinajstić information content (AvgIpc) is 2.37. The van der Waals surface area contributed by atoms with Gasteiger partial charge in [0.25, 0.3) is 0 Å². The molecular formula is C15H21NO4S. The summed E-state index contributed by atoms with van der Waals surface area (Å²) in [5.74, 6) is -1.13. The fourth-order valence-electron chi connectivity index (χ4n) is 2.88. The highest BCUT2D eigenvalue weighted by atomic mass is 32.2. The molecule has 0 amide bonds. The molecule has 1 aromatic carbocycles. The molecule has 1 saturated carbocycles. The van der Waals surface area contributed by atoms with Gasteiger partial charge in [-0.25, -0.2) is 17.9 Å². The molecule has 1 atom stereocenters. The van der Waals surface area contributed by atoms with Crippen LogP contribution in [0.5, 0.6) is 0 Å². The number of hydrogen-bond acceptors (Lipinski definition) is 3. The zero-order valence-corrected chi connectivity index (χ0v) is 13.1. The molecule has 2 rings (SSSR count). The summed E-state index contributed by atoms with van der Waals surface area (Å²) in [6.07, 6.45) is 3.71. The van der Waals surface area contributed by atoms with Crippen molar-refractivity contribution in [3.05, 3.63) is 29.8 Å². The maximum absolute atomic E-state index is 12.4. The molecule has 0 aliphatic heterocycles. The first-order valence-electron chi connectivity index (χ1n) is 7.05. The van der Waals surface area contributed by atoms with Crippen LogP contribution in [0.2, 0.25) is 0 Å². The molecule has 1 aliphatic rings. The normalized spacial score (nSPS) is 21.9. The third-order valence-corrected chi connectivity index (χ3v) is 5.44. The summed E-state index contributed by atoms with van der Waals surface area (Å²) in [7, 11) is -3.68. The summed E-state index contributed by atoms with van der Waals surface area (Å²) in [4.78, 5) is 10.9. The number of carbonyl (C=O) groups is 1. The van der Waals surface area contributed by atoms with E-state index in [1.807, 2.05) is 0 Å². The Morgan fingerprint density at radius 2 is 2.10 bits per heavy atom. The van der Waals surface area contributed by atoms with E-state index in [1.54, 1.807) is 0 Å². The fraction of sp³-hybridized carbons (Fsp3) is 0.533. The van der Waals surface area contributed by atoms with Gasteiger partial charge < -0.3 is 5.11 Å². The molecule has 0 heterocycles. The molecule has 5 nitrogen and oxygen atoms in total. The van der Waals surface area contributed by atoms with E-state index in [9.17, 15) is 13.2 Å². The predicted octanol–water partition coefficient (Wildman–Crippen LogP) is 2.63. The van der Waals surface area contributed by atoms with E-state index in [0.29, 0.717) is 0 Å². The Labute approximate surface area is 125 Å². The molecule has 0 spiro atoms. The lowest BCUT2D eigenvalue weighted by molar-refractivity contribution is 0.0696. The lowest BCUT2D eigenvalue weighted by Gasteiger charge is -2.35. The maximum Gasteiger partial charge on any atom is 0.335 e. The predicted molar refractivity (Wildman–Crippen MR) is 79.8 cm³/mol. The lowest BCUT2D eigenvalue weighted by atomic mass is 9.75. The van der Waals surface area contributed by atoms with Gasteiger partial charge in [-0.2, -0.15) is 0 Å². The number of aromatic carboxylic acids is 1. The largest absolute Gasteiger partial charge is 0.478 e. The van der Waals surface area contributed by atoms with Gasteiger partial charge in [-0.3, -0.25) is 0 Å². The Bertz CT molecular complexity index is 637. The Balaban J connectivity index is 2.18. The number of rotatable bonds is 4. The minimum absolute atomic E-state index is 0.00535. The van der Waals surface area contributed by atoms with Gasteiger partial charge in [0.1, 0.15) is 0 Å². The monoisotopic (exact) mass is 311 g/mol. The van der Waals surface area contributed by atoms with E-state index in [1.165, 1.54) is 24.3 Å².